The van der Waals surface area contributed by atoms with Crippen molar-refractivity contribution in [3.05, 3.63) is 10.5 Å². The van der Waals surface area contributed by atoms with E-state index >= 15 is 0 Å². The molecule has 2 aromatic heterocycles. The van der Waals surface area contributed by atoms with Gasteiger partial charge in [-0.1, -0.05) is 6.92 Å². The molecule has 0 atom stereocenters. The van der Waals surface area contributed by atoms with Crippen LogP contribution in [-0.2, 0) is 24.8 Å². The summed E-state index contributed by atoms with van der Waals surface area (Å²) in [6, 6.07) is 0. The molecule has 2 N–H and O–H groups in total. The minimum absolute atomic E-state index is 0.0822. The third-order valence-corrected chi connectivity index (χ3v) is 3.06. The third kappa shape index (κ3) is 1.86. The molecule has 92 valence electrons. The van der Waals surface area contributed by atoms with Gasteiger partial charge >= 0.3 is 0 Å². The lowest BCUT2D eigenvalue weighted by Gasteiger charge is -2.03. The summed E-state index contributed by atoms with van der Waals surface area (Å²) < 4.78 is 4.06. The predicted molar refractivity (Wildman–Crippen MR) is 67.3 cm³/mol. The summed E-state index contributed by atoms with van der Waals surface area (Å²) in [6.45, 7) is 2.24. The number of amides is 1. The van der Waals surface area contributed by atoms with Crippen molar-refractivity contribution in [3.8, 4) is 0 Å². The number of likely N-dealkylation sites (N-methyl/N-ethyl adjacent to an activating group) is 1. The van der Waals surface area contributed by atoms with Crippen molar-refractivity contribution in [2.24, 2.45) is 7.05 Å². The van der Waals surface area contributed by atoms with Crippen LogP contribution >= 0.6 is 12.2 Å². The van der Waals surface area contributed by atoms with Gasteiger partial charge in [0.25, 0.3) is 0 Å². The molecule has 0 unspecified atom stereocenters. The van der Waals surface area contributed by atoms with Crippen LogP contribution in [0.3, 0.4) is 0 Å². The number of fused-ring (bicyclic) bond motifs is 1. The molecule has 2 aromatic rings. The smallest absolute Gasteiger partial charge is 0.239 e. The fraction of sp³-hybridized carbons (Fsp3) is 0.500. The second-order valence-corrected chi connectivity index (χ2v) is 4.20. The third-order valence-electron chi connectivity index (χ3n) is 2.74. The van der Waals surface area contributed by atoms with Crippen molar-refractivity contribution in [2.75, 3.05) is 7.05 Å². The zero-order chi connectivity index (χ0) is 12.6. The number of aromatic nitrogens is 4. The predicted octanol–water partition coefficient (Wildman–Crippen LogP) is 0.741. The van der Waals surface area contributed by atoms with Crippen molar-refractivity contribution in [2.45, 2.75) is 19.9 Å². The van der Waals surface area contributed by atoms with Crippen LogP contribution in [0.25, 0.3) is 11.2 Å². The first-order chi connectivity index (χ1) is 8.08. The lowest BCUT2D eigenvalue weighted by atomic mass is 10.3. The number of imidazole rings is 1. The van der Waals surface area contributed by atoms with E-state index in [1.54, 1.807) is 16.3 Å². The van der Waals surface area contributed by atoms with E-state index < -0.39 is 0 Å². The van der Waals surface area contributed by atoms with E-state index in [1.807, 2.05) is 14.0 Å². The van der Waals surface area contributed by atoms with Crippen LogP contribution in [-0.4, -0.2) is 32.3 Å². The number of aromatic amines is 1. The Hall–Kier alpha value is -1.63. The molecule has 0 aromatic carbocycles. The summed E-state index contributed by atoms with van der Waals surface area (Å²) in [5.41, 5.74) is 2.74. The minimum Gasteiger partial charge on any atom is -0.358 e. The van der Waals surface area contributed by atoms with Gasteiger partial charge in [0, 0.05) is 14.1 Å². The molecule has 2 heterocycles. The molecule has 0 fully saturated rings. The molecule has 17 heavy (non-hydrogen) atoms. The molecule has 0 saturated heterocycles. The van der Waals surface area contributed by atoms with Crippen molar-refractivity contribution in [3.63, 3.8) is 0 Å². The van der Waals surface area contributed by atoms with Gasteiger partial charge < -0.3 is 10.3 Å². The highest BCUT2D eigenvalue weighted by Crippen LogP contribution is 2.17. The first kappa shape index (κ1) is 11.8. The Kier molecular flexibility index (Phi) is 3.01. The summed E-state index contributed by atoms with van der Waals surface area (Å²) in [7, 11) is 3.46. The molecule has 0 spiro atoms. The first-order valence-corrected chi connectivity index (χ1v) is 5.84. The number of hydrogen-bond acceptors (Lipinski definition) is 3. The van der Waals surface area contributed by atoms with Crippen LogP contribution < -0.4 is 5.32 Å². The Morgan fingerprint density at radius 2 is 2.29 bits per heavy atom. The topological polar surface area (TPSA) is 67.6 Å². The molecule has 7 heteroatoms. The molecular weight excluding hydrogens is 238 g/mol. The van der Waals surface area contributed by atoms with Gasteiger partial charge in [-0.05, 0) is 18.6 Å². The Bertz CT molecular complexity index is 620. The van der Waals surface area contributed by atoms with Crippen LogP contribution in [0.2, 0.25) is 0 Å². The van der Waals surface area contributed by atoms with Gasteiger partial charge in [0.15, 0.2) is 10.4 Å². The quantitative estimate of drug-likeness (QED) is 0.793. The maximum absolute atomic E-state index is 11.4. The number of hydrogen-bond donors (Lipinski definition) is 2. The Morgan fingerprint density at radius 3 is 2.88 bits per heavy atom. The number of nitrogens with one attached hydrogen (secondary N) is 2. The molecule has 0 aliphatic carbocycles. The summed E-state index contributed by atoms with van der Waals surface area (Å²) in [5, 5.41) is 6.98. The number of nitrogens with zero attached hydrogens (tertiary/aromatic N) is 3. The highest BCUT2D eigenvalue weighted by molar-refractivity contribution is 7.71. The van der Waals surface area contributed by atoms with Crippen LogP contribution in [0.4, 0.5) is 0 Å². The average Bonchev–Trinajstić information content (AvgIpc) is 2.78. The number of aryl methyl sites for hydroxylation is 2. The highest BCUT2D eigenvalue weighted by atomic mass is 32.1. The van der Waals surface area contributed by atoms with E-state index in [0.29, 0.717) is 4.77 Å². The maximum atomic E-state index is 11.4. The van der Waals surface area contributed by atoms with E-state index in [9.17, 15) is 4.79 Å². The lowest BCUT2D eigenvalue weighted by molar-refractivity contribution is -0.121. The van der Waals surface area contributed by atoms with E-state index in [-0.39, 0.29) is 12.5 Å². The van der Waals surface area contributed by atoms with Crippen molar-refractivity contribution in [1.29, 1.82) is 0 Å². The SMILES string of the molecule is CCc1nn(C)c2c1[nH]c(=S)n2CC(=O)NC. The zero-order valence-electron chi connectivity index (χ0n) is 10.1. The number of rotatable bonds is 3. The van der Waals surface area contributed by atoms with Crippen LogP contribution in [0.5, 0.6) is 0 Å². The first-order valence-electron chi connectivity index (χ1n) is 5.43. The van der Waals surface area contributed by atoms with Gasteiger partial charge in [-0.2, -0.15) is 5.10 Å². The normalized spacial score (nSPS) is 11.0. The molecule has 0 radical (unpaired) electrons. The van der Waals surface area contributed by atoms with Crippen LogP contribution in [0.1, 0.15) is 12.6 Å². The summed E-state index contributed by atoms with van der Waals surface area (Å²) in [4.78, 5) is 14.6. The maximum Gasteiger partial charge on any atom is 0.239 e. The molecule has 0 aliphatic rings. The minimum atomic E-state index is -0.0822. The van der Waals surface area contributed by atoms with Gasteiger partial charge in [0.05, 0.1) is 5.69 Å². The molecule has 0 aliphatic heterocycles. The number of H-pyrrole nitrogens is 1. The van der Waals surface area contributed by atoms with E-state index in [2.05, 4.69) is 15.4 Å². The second-order valence-electron chi connectivity index (χ2n) is 3.81. The molecule has 1 amide bonds. The fourth-order valence-electron chi connectivity index (χ4n) is 1.89. The lowest BCUT2D eigenvalue weighted by Crippen LogP contribution is -2.24. The van der Waals surface area contributed by atoms with E-state index in [0.717, 1.165) is 23.3 Å². The van der Waals surface area contributed by atoms with Gasteiger partial charge in [-0.3, -0.25) is 14.0 Å². The van der Waals surface area contributed by atoms with Crippen molar-refractivity contribution < 1.29 is 4.79 Å². The zero-order valence-corrected chi connectivity index (χ0v) is 10.9. The fourth-order valence-corrected chi connectivity index (χ4v) is 2.15. The molecule has 6 nitrogen and oxygen atoms in total. The summed E-state index contributed by atoms with van der Waals surface area (Å²) in [6.07, 6.45) is 0.826. The van der Waals surface area contributed by atoms with Gasteiger partial charge in [0.1, 0.15) is 12.1 Å². The van der Waals surface area contributed by atoms with E-state index in [1.165, 1.54) is 0 Å². The van der Waals surface area contributed by atoms with Gasteiger partial charge in [-0.15, -0.1) is 0 Å². The second kappa shape index (κ2) is 4.33. The summed E-state index contributed by atoms with van der Waals surface area (Å²) >= 11 is 5.23. The van der Waals surface area contributed by atoms with Crippen molar-refractivity contribution in [1.82, 2.24) is 24.6 Å². The molecule has 0 bridgehead atoms. The average molecular weight is 253 g/mol. The largest absolute Gasteiger partial charge is 0.358 e. The molecule has 2 rings (SSSR count). The number of carbonyl (C=O) groups excluding carboxylic acids is 1. The summed E-state index contributed by atoms with van der Waals surface area (Å²) in [5.74, 6) is -0.0822. The molecular formula is C10H15N5OS. The van der Waals surface area contributed by atoms with Gasteiger partial charge in [0.2, 0.25) is 5.91 Å². The monoisotopic (exact) mass is 253 g/mol. The Morgan fingerprint density at radius 1 is 1.59 bits per heavy atom. The number of carbonyl (C=O) groups is 1. The Labute approximate surface area is 104 Å². The van der Waals surface area contributed by atoms with Crippen LogP contribution in [0.15, 0.2) is 0 Å². The standard InChI is InChI=1S/C10H15N5OS/c1-4-6-8-9(14(3)13-6)15(10(17)12-8)5-7(16)11-2/h4-5H2,1-3H3,(H,11,16)(H,12,17). The molecule has 0 saturated carbocycles. The highest BCUT2D eigenvalue weighted by Gasteiger charge is 2.15. The Balaban J connectivity index is 2.62. The van der Waals surface area contributed by atoms with Crippen molar-refractivity contribution >= 4 is 29.3 Å². The van der Waals surface area contributed by atoms with Crippen LogP contribution in [0, 0.1) is 4.77 Å². The van der Waals surface area contributed by atoms with E-state index in [4.69, 9.17) is 12.2 Å². The van der Waals surface area contributed by atoms with Gasteiger partial charge in [-0.25, -0.2) is 0 Å².